The molecule has 0 radical (unpaired) electrons. The zero-order valence-corrected chi connectivity index (χ0v) is 11.9. The molecule has 2 fully saturated rings. The van der Waals surface area contributed by atoms with Gasteiger partial charge in [0.15, 0.2) is 5.13 Å². The van der Waals surface area contributed by atoms with Gasteiger partial charge in [0.1, 0.15) is 0 Å². The van der Waals surface area contributed by atoms with E-state index in [1.807, 2.05) is 11.3 Å². The monoisotopic (exact) mass is 267 g/mol. The smallest absolute Gasteiger partial charge is 0.185 e. The van der Waals surface area contributed by atoms with Crippen LogP contribution >= 0.6 is 11.3 Å². The third-order valence-electron chi connectivity index (χ3n) is 3.57. The van der Waals surface area contributed by atoms with Crippen LogP contribution in [0, 0.1) is 0 Å². The van der Waals surface area contributed by atoms with Crippen molar-refractivity contribution < 1.29 is 4.74 Å². The number of hydrogen-bond acceptors (Lipinski definition) is 5. The first-order chi connectivity index (χ1) is 8.78. The first-order valence-corrected chi connectivity index (χ1v) is 7.53. The van der Waals surface area contributed by atoms with Gasteiger partial charge >= 0.3 is 0 Å². The SMILES string of the molecule is COCc1nc(N(C)C2CC2)sc1CNC1CC1. The van der Waals surface area contributed by atoms with Crippen molar-refractivity contribution in [1.82, 2.24) is 10.3 Å². The number of anilines is 1. The van der Waals surface area contributed by atoms with E-state index < -0.39 is 0 Å². The molecule has 2 saturated carbocycles. The van der Waals surface area contributed by atoms with Gasteiger partial charge in [0.25, 0.3) is 0 Å². The molecule has 18 heavy (non-hydrogen) atoms. The Balaban J connectivity index is 1.71. The van der Waals surface area contributed by atoms with Crippen LogP contribution in [0.5, 0.6) is 0 Å². The lowest BCUT2D eigenvalue weighted by Crippen LogP contribution is -2.19. The van der Waals surface area contributed by atoms with Crippen molar-refractivity contribution in [3.05, 3.63) is 10.6 Å². The number of ether oxygens (including phenoxy) is 1. The molecule has 0 aliphatic heterocycles. The Morgan fingerprint density at radius 2 is 2.17 bits per heavy atom. The first kappa shape index (κ1) is 12.4. The highest BCUT2D eigenvalue weighted by molar-refractivity contribution is 7.15. The van der Waals surface area contributed by atoms with Gasteiger partial charge in [-0.3, -0.25) is 0 Å². The lowest BCUT2D eigenvalue weighted by Gasteiger charge is -2.13. The number of thiazole rings is 1. The molecule has 0 amide bonds. The summed E-state index contributed by atoms with van der Waals surface area (Å²) in [5.41, 5.74) is 1.11. The first-order valence-electron chi connectivity index (χ1n) is 6.71. The van der Waals surface area contributed by atoms with Crippen LogP contribution in [-0.2, 0) is 17.9 Å². The molecule has 1 heterocycles. The zero-order valence-electron chi connectivity index (χ0n) is 11.1. The second kappa shape index (κ2) is 5.15. The Bertz CT molecular complexity index is 412. The molecular formula is C13H21N3OS. The average Bonchev–Trinajstić information content (AvgIpc) is 3.25. The van der Waals surface area contributed by atoms with E-state index in [9.17, 15) is 0 Å². The van der Waals surface area contributed by atoms with Crippen molar-refractivity contribution >= 4 is 16.5 Å². The van der Waals surface area contributed by atoms with E-state index in [0.717, 1.165) is 29.5 Å². The third-order valence-corrected chi connectivity index (χ3v) is 4.76. The zero-order chi connectivity index (χ0) is 12.5. The van der Waals surface area contributed by atoms with E-state index >= 15 is 0 Å². The lowest BCUT2D eigenvalue weighted by atomic mass is 10.3. The fourth-order valence-corrected chi connectivity index (χ4v) is 3.10. The summed E-state index contributed by atoms with van der Waals surface area (Å²) >= 11 is 1.82. The van der Waals surface area contributed by atoms with Crippen molar-refractivity contribution in [2.24, 2.45) is 0 Å². The topological polar surface area (TPSA) is 37.4 Å². The van der Waals surface area contributed by atoms with Gasteiger partial charge < -0.3 is 15.0 Å². The molecule has 0 bridgehead atoms. The van der Waals surface area contributed by atoms with E-state index in [0.29, 0.717) is 6.61 Å². The average molecular weight is 267 g/mol. The highest BCUT2D eigenvalue weighted by atomic mass is 32.1. The summed E-state index contributed by atoms with van der Waals surface area (Å²) in [6.07, 6.45) is 5.27. The van der Waals surface area contributed by atoms with Gasteiger partial charge in [-0.15, -0.1) is 11.3 Å². The van der Waals surface area contributed by atoms with Gasteiger partial charge in [0, 0.05) is 37.7 Å². The number of methoxy groups -OCH3 is 1. The lowest BCUT2D eigenvalue weighted by molar-refractivity contribution is 0.181. The predicted molar refractivity (Wildman–Crippen MR) is 74.1 cm³/mol. The quantitative estimate of drug-likeness (QED) is 0.821. The molecule has 3 rings (SSSR count). The Kier molecular flexibility index (Phi) is 3.54. The number of rotatable bonds is 7. The minimum absolute atomic E-state index is 0.622. The molecule has 0 atom stereocenters. The molecule has 1 aromatic heterocycles. The van der Waals surface area contributed by atoms with Crippen LogP contribution < -0.4 is 10.2 Å². The van der Waals surface area contributed by atoms with Crippen LogP contribution in [0.2, 0.25) is 0 Å². The van der Waals surface area contributed by atoms with E-state index in [-0.39, 0.29) is 0 Å². The Labute approximate surface area is 112 Å². The fraction of sp³-hybridized carbons (Fsp3) is 0.769. The normalized spacial score (nSPS) is 19.2. The molecular weight excluding hydrogens is 246 g/mol. The van der Waals surface area contributed by atoms with E-state index in [4.69, 9.17) is 9.72 Å². The molecule has 1 aromatic rings. The highest BCUT2D eigenvalue weighted by Crippen LogP contribution is 2.34. The summed E-state index contributed by atoms with van der Waals surface area (Å²) in [5, 5.41) is 4.72. The summed E-state index contributed by atoms with van der Waals surface area (Å²) in [6.45, 7) is 1.57. The number of hydrogen-bond donors (Lipinski definition) is 1. The summed E-state index contributed by atoms with van der Waals surface area (Å²) in [4.78, 5) is 8.40. The molecule has 100 valence electrons. The highest BCUT2D eigenvalue weighted by Gasteiger charge is 2.29. The molecule has 0 aromatic carbocycles. The molecule has 4 nitrogen and oxygen atoms in total. The van der Waals surface area contributed by atoms with E-state index in [1.54, 1.807) is 7.11 Å². The summed E-state index contributed by atoms with van der Waals surface area (Å²) in [7, 11) is 3.90. The van der Waals surface area contributed by atoms with Crippen molar-refractivity contribution in [3.8, 4) is 0 Å². The molecule has 2 aliphatic carbocycles. The largest absolute Gasteiger partial charge is 0.378 e. The molecule has 0 unspecified atom stereocenters. The number of nitrogens with zero attached hydrogens (tertiary/aromatic N) is 2. The van der Waals surface area contributed by atoms with Crippen LogP contribution in [0.3, 0.4) is 0 Å². The minimum Gasteiger partial charge on any atom is -0.378 e. The Morgan fingerprint density at radius 3 is 2.78 bits per heavy atom. The van der Waals surface area contributed by atoms with Gasteiger partial charge in [-0.25, -0.2) is 4.98 Å². The molecule has 0 spiro atoms. The maximum absolute atomic E-state index is 5.26. The minimum atomic E-state index is 0.622. The maximum Gasteiger partial charge on any atom is 0.185 e. The molecule has 2 aliphatic rings. The number of aromatic nitrogens is 1. The second-order valence-electron chi connectivity index (χ2n) is 5.30. The summed E-state index contributed by atoms with van der Waals surface area (Å²) in [6, 6.07) is 1.46. The molecule has 1 N–H and O–H groups in total. The summed E-state index contributed by atoms with van der Waals surface area (Å²) in [5.74, 6) is 0. The molecule has 0 saturated heterocycles. The van der Waals surface area contributed by atoms with Gasteiger partial charge in [0.05, 0.1) is 12.3 Å². The van der Waals surface area contributed by atoms with Gasteiger partial charge in [-0.05, 0) is 25.7 Å². The van der Waals surface area contributed by atoms with Gasteiger partial charge in [0.2, 0.25) is 0 Å². The number of nitrogens with one attached hydrogen (secondary N) is 1. The Hall–Kier alpha value is -0.650. The standard InChI is InChI=1S/C13H21N3OS/c1-16(10-5-6-10)13-15-11(8-17-2)12(18-13)7-14-9-3-4-9/h9-10,14H,3-8H2,1-2H3. The maximum atomic E-state index is 5.26. The van der Waals surface area contributed by atoms with Crippen molar-refractivity contribution in [2.75, 3.05) is 19.1 Å². The van der Waals surface area contributed by atoms with Crippen LogP contribution in [0.4, 0.5) is 5.13 Å². The predicted octanol–water partition coefficient (Wildman–Crippen LogP) is 2.14. The van der Waals surface area contributed by atoms with Crippen LogP contribution in [0.15, 0.2) is 0 Å². The fourth-order valence-electron chi connectivity index (χ4n) is 2.05. The summed E-state index contributed by atoms with van der Waals surface area (Å²) < 4.78 is 5.26. The van der Waals surface area contributed by atoms with Crippen molar-refractivity contribution in [1.29, 1.82) is 0 Å². The second-order valence-corrected chi connectivity index (χ2v) is 6.36. The van der Waals surface area contributed by atoms with Crippen LogP contribution in [0.25, 0.3) is 0 Å². The van der Waals surface area contributed by atoms with Crippen LogP contribution in [0.1, 0.15) is 36.3 Å². The third kappa shape index (κ3) is 2.84. The van der Waals surface area contributed by atoms with Gasteiger partial charge in [-0.1, -0.05) is 0 Å². The van der Waals surface area contributed by atoms with E-state index in [2.05, 4.69) is 17.3 Å². The van der Waals surface area contributed by atoms with Crippen LogP contribution in [-0.4, -0.2) is 31.2 Å². The van der Waals surface area contributed by atoms with Crippen molar-refractivity contribution in [2.45, 2.75) is 50.9 Å². The van der Waals surface area contributed by atoms with E-state index in [1.165, 1.54) is 30.6 Å². The molecule has 5 heteroatoms. The Morgan fingerprint density at radius 1 is 1.39 bits per heavy atom. The van der Waals surface area contributed by atoms with Gasteiger partial charge in [-0.2, -0.15) is 0 Å². The van der Waals surface area contributed by atoms with Crippen molar-refractivity contribution in [3.63, 3.8) is 0 Å².